The molecule has 0 spiro atoms. The molecule has 0 unspecified atom stereocenters. The van der Waals surface area contributed by atoms with E-state index in [0.717, 1.165) is 10.7 Å². The van der Waals surface area contributed by atoms with Crippen LogP contribution in [0.5, 0.6) is 0 Å². The minimum Gasteiger partial charge on any atom is -0.341 e. The highest BCUT2D eigenvalue weighted by atomic mass is 32.1. The molecule has 0 amide bonds. The average molecular weight is 210 g/mol. The molecule has 2 heterocycles. The van der Waals surface area contributed by atoms with E-state index in [9.17, 15) is 0 Å². The fourth-order valence-corrected chi connectivity index (χ4v) is 1.81. The molecule has 2 rings (SSSR count). The van der Waals surface area contributed by atoms with E-state index in [0.29, 0.717) is 18.3 Å². The summed E-state index contributed by atoms with van der Waals surface area (Å²) in [7, 11) is 1.74. The van der Waals surface area contributed by atoms with Crippen molar-refractivity contribution in [2.75, 3.05) is 12.4 Å². The normalized spacial score (nSPS) is 10.4. The molecule has 2 aromatic rings. The van der Waals surface area contributed by atoms with E-state index in [1.54, 1.807) is 18.4 Å². The Morgan fingerprint density at radius 3 is 2.93 bits per heavy atom. The summed E-state index contributed by atoms with van der Waals surface area (Å²) in [6.45, 7) is 1.97. The molecular formula is C8H10N4OS. The average Bonchev–Trinajstić information content (AvgIpc) is 2.76. The second-order valence-electron chi connectivity index (χ2n) is 2.83. The highest BCUT2D eigenvalue weighted by Gasteiger charge is 2.07. The fourth-order valence-electron chi connectivity index (χ4n) is 1.05. The Hall–Kier alpha value is -1.43. The third-order valence-corrected chi connectivity index (χ3v) is 2.62. The molecule has 0 saturated carbocycles. The second kappa shape index (κ2) is 3.75. The molecule has 0 aliphatic carbocycles. The van der Waals surface area contributed by atoms with Crippen LogP contribution in [-0.4, -0.2) is 22.2 Å². The number of rotatable bonds is 3. The minimum absolute atomic E-state index is 0.438. The number of anilines is 1. The van der Waals surface area contributed by atoms with Gasteiger partial charge in [0.15, 0.2) is 5.82 Å². The zero-order valence-electron chi connectivity index (χ0n) is 7.94. The van der Waals surface area contributed by atoms with Crippen molar-refractivity contribution in [2.24, 2.45) is 0 Å². The van der Waals surface area contributed by atoms with Crippen LogP contribution in [0.2, 0.25) is 0 Å². The van der Waals surface area contributed by atoms with E-state index in [4.69, 9.17) is 4.52 Å². The number of aryl methyl sites for hydroxylation is 1. The van der Waals surface area contributed by atoms with Gasteiger partial charge in [-0.05, 0) is 6.92 Å². The van der Waals surface area contributed by atoms with E-state index >= 15 is 0 Å². The first kappa shape index (κ1) is 9.14. The van der Waals surface area contributed by atoms with E-state index in [1.807, 2.05) is 12.3 Å². The van der Waals surface area contributed by atoms with Crippen LogP contribution in [-0.2, 0) is 6.42 Å². The zero-order chi connectivity index (χ0) is 9.97. The number of nitrogens with zero attached hydrogens (tertiary/aromatic N) is 3. The van der Waals surface area contributed by atoms with Crippen molar-refractivity contribution in [3.05, 3.63) is 21.9 Å². The van der Waals surface area contributed by atoms with Gasteiger partial charge in [-0.25, -0.2) is 4.98 Å². The van der Waals surface area contributed by atoms with Crippen molar-refractivity contribution in [1.29, 1.82) is 0 Å². The Morgan fingerprint density at radius 2 is 2.36 bits per heavy atom. The Labute approximate surface area is 85.2 Å². The number of aromatic nitrogens is 3. The van der Waals surface area contributed by atoms with Crippen molar-refractivity contribution in [3.63, 3.8) is 0 Å². The first-order valence-electron chi connectivity index (χ1n) is 4.19. The molecule has 14 heavy (non-hydrogen) atoms. The molecule has 0 aliphatic rings. The summed E-state index contributed by atoms with van der Waals surface area (Å²) in [5, 5.41) is 9.60. The molecule has 1 N–H and O–H groups in total. The summed E-state index contributed by atoms with van der Waals surface area (Å²) in [5.74, 6) is 0.656. The number of nitrogens with one attached hydrogen (secondary N) is 1. The number of hydrogen-bond donors (Lipinski definition) is 1. The lowest BCUT2D eigenvalue weighted by atomic mass is 10.4. The molecule has 0 fully saturated rings. The predicted molar refractivity (Wildman–Crippen MR) is 53.5 cm³/mol. The molecule has 5 nitrogen and oxygen atoms in total. The Morgan fingerprint density at radius 1 is 1.50 bits per heavy atom. The van der Waals surface area contributed by atoms with Gasteiger partial charge < -0.3 is 9.84 Å². The minimum atomic E-state index is 0.438. The topological polar surface area (TPSA) is 63.8 Å². The zero-order valence-corrected chi connectivity index (χ0v) is 8.76. The van der Waals surface area contributed by atoms with Crippen molar-refractivity contribution in [1.82, 2.24) is 15.1 Å². The summed E-state index contributed by atoms with van der Waals surface area (Å²) in [6, 6.07) is 0.438. The van der Waals surface area contributed by atoms with Gasteiger partial charge in [0.05, 0.1) is 6.42 Å². The van der Waals surface area contributed by atoms with Gasteiger partial charge in [-0.1, -0.05) is 5.16 Å². The van der Waals surface area contributed by atoms with Gasteiger partial charge in [-0.15, -0.1) is 11.3 Å². The lowest BCUT2D eigenvalue weighted by Crippen LogP contribution is -1.91. The molecule has 74 valence electrons. The van der Waals surface area contributed by atoms with Crippen LogP contribution in [0.3, 0.4) is 0 Å². The number of thiazole rings is 1. The van der Waals surface area contributed by atoms with E-state index in [-0.39, 0.29) is 0 Å². The molecular weight excluding hydrogens is 200 g/mol. The van der Waals surface area contributed by atoms with Crippen LogP contribution >= 0.6 is 11.3 Å². The highest BCUT2D eigenvalue weighted by Crippen LogP contribution is 2.13. The maximum absolute atomic E-state index is 4.90. The number of hydrogen-bond acceptors (Lipinski definition) is 6. The highest BCUT2D eigenvalue weighted by molar-refractivity contribution is 7.09. The van der Waals surface area contributed by atoms with E-state index < -0.39 is 0 Å². The fraction of sp³-hybridized carbons (Fsp3) is 0.375. The standard InChI is InChI=1S/C8H10N4OS/c1-5-4-14-7(10-5)3-6-11-8(9-2)13-12-6/h4H,3H2,1-2H3,(H,9,11,12). The SMILES string of the molecule is CNc1nc(Cc2nc(C)cs2)no1. The van der Waals surface area contributed by atoms with E-state index in [1.165, 1.54) is 0 Å². The monoisotopic (exact) mass is 210 g/mol. The Bertz CT molecular complexity index is 422. The van der Waals surface area contributed by atoms with Gasteiger partial charge in [-0.2, -0.15) is 4.98 Å². The Balaban J connectivity index is 2.10. The van der Waals surface area contributed by atoms with Crippen molar-refractivity contribution in [3.8, 4) is 0 Å². The lowest BCUT2D eigenvalue weighted by Gasteiger charge is -1.87. The van der Waals surface area contributed by atoms with Gasteiger partial charge >= 0.3 is 6.01 Å². The lowest BCUT2D eigenvalue weighted by molar-refractivity contribution is 0.425. The largest absolute Gasteiger partial charge is 0.341 e. The molecule has 0 aromatic carbocycles. The van der Waals surface area contributed by atoms with Crippen molar-refractivity contribution < 1.29 is 4.52 Å². The van der Waals surface area contributed by atoms with Crippen LogP contribution in [0, 0.1) is 6.92 Å². The summed E-state index contributed by atoms with van der Waals surface area (Å²) >= 11 is 1.61. The molecule has 6 heteroatoms. The second-order valence-corrected chi connectivity index (χ2v) is 3.77. The quantitative estimate of drug-likeness (QED) is 0.831. The van der Waals surface area contributed by atoms with Crippen LogP contribution < -0.4 is 5.32 Å². The van der Waals surface area contributed by atoms with Gasteiger partial charge in [0, 0.05) is 18.1 Å². The first-order valence-corrected chi connectivity index (χ1v) is 5.07. The third kappa shape index (κ3) is 1.90. The van der Waals surface area contributed by atoms with Gasteiger partial charge in [0.25, 0.3) is 0 Å². The van der Waals surface area contributed by atoms with Crippen LogP contribution in [0.1, 0.15) is 16.5 Å². The van der Waals surface area contributed by atoms with Crippen molar-refractivity contribution in [2.45, 2.75) is 13.3 Å². The Kier molecular flexibility index (Phi) is 2.45. The van der Waals surface area contributed by atoms with E-state index in [2.05, 4.69) is 20.4 Å². The van der Waals surface area contributed by atoms with Gasteiger partial charge in [0.2, 0.25) is 0 Å². The summed E-state index contributed by atoms with van der Waals surface area (Å²) in [4.78, 5) is 8.43. The van der Waals surface area contributed by atoms with Crippen LogP contribution in [0.15, 0.2) is 9.90 Å². The molecule has 0 saturated heterocycles. The smallest absolute Gasteiger partial charge is 0.321 e. The molecule has 0 aliphatic heterocycles. The van der Waals surface area contributed by atoms with Crippen LogP contribution in [0.25, 0.3) is 0 Å². The predicted octanol–water partition coefficient (Wildman–Crippen LogP) is 1.47. The summed E-state index contributed by atoms with van der Waals surface area (Å²) in [6.07, 6.45) is 0.629. The summed E-state index contributed by atoms with van der Waals surface area (Å²) < 4.78 is 4.90. The van der Waals surface area contributed by atoms with Gasteiger partial charge in [-0.3, -0.25) is 0 Å². The molecule has 0 bridgehead atoms. The molecule has 2 aromatic heterocycles. The maximum atomic E-state index is 4.90. The molecule has 0 radical (unpaired) electrons. The summed E-state index contributed by atoms with van der Waals surface area (Å²) in [5.41, 5.74) is 1.03. The van der Waals surface area contributed by atoms with Gasteiger partial charge in [0.1, 0.15) is 5.01 Å². The van der Waals surface area contributed by atoms with Crippen molar-refractivity contribution >= 4 is 17.4 Å². The third-order valence-electron chi connectivity index (χ3n) is 1.66. The maximum Gasteiger partial charge on any atom is 0.321 e. The van der Waals surface area contributed by atoms with Crippen LogP contribution in [0.4, 0.5) is 6.01 Å². The first-order chi connectivity index (χ1) is 6.78. The molecule has 0 atom stereocenters.